The number of primary amides is 1. The van der Waals surface area contributed by atoms with E-state index in [1.165, 1.54) is 12.1 Å². The number of aromatic hydroxyl groups is 5. The standard InChI is InChI=1S/C7H7NO4.C7H8O2/c8-7(12)3-1-4(9)6(11)5(10)2-3;1-5-2-3-6(8)7(9)4-5/h1-2,9-11H,(H2,8,12);2-4,8-9H,1H3. The summed E-state index contributed by atoms with van der Waals surface area (Å²) in [6.07, 6.45) is 0. The first-order valence-electron chi connectivity index (χ1n) is 5.75. The Morgan fingerprint density at radius 1 is 0.857 bits per heavy atom. The van der Waals surface area contributed by atoms with Crippen LogP contribution < -0.4 is 5.73 Å². The van der Waals surface area contributed by atoms with Crippen molar-refractivity contribution in [2.75, 3.05) is 0 Å². The third-order valence-corrected chi connectivity index (χ3v) is 2.49. The highest BCUT2D eigenvalue weighted by Crippen LogP contribution is 2.35. The molecule has 112 valence electrons. The van der Waals surface area contributed by atoms with Gasteiger partial charge < -0.3 is 31.3 Å². The summed E-state index contributed by atoms with van der Waals surface area (Å²) in [5.41, 5.74) is 5.73. The predicted octanol–water partition coefficient (Wildman–Crippen LogP) is 1.31. The van der Waals surface area contributed by atoms with Gasteiger partial charge in [-0.05, 0) is 36.8 Å². The number of rotatable bonds is 1. The van der Waals surface area contributed by atoms with E-state index >= 15 is 0 Å². The number of amides is 1. The summed E-state index contributed by atoms with van der Waals surface area (Å²) in [4.78, 5) is 10.5. The topological polar surface area (TPSA) is 144 Å². The van der Waals surface area contributed by atoms with Crippen molar-refractivity contribution < 1.29 is 30.3 Å². The fraction of sp³-hybridized carbons (Fsp3) is 0.0714. The number of nitrogens with two attached hydrogens (primary N) is 1. The lowest BCUT2D eigenvalue weighted by Gasteiger charge is -2.01. The molecule has 0 aliphatic heterocycles. The zero-order valence-electron chi connectivity index (χ0n) is 11.1. The van der Waals surface area contributed by atoms with Gasteiger partial charge in [0.15, 0.2) is 28.7 Å². The van der Waals surface area contributed by atoms with Crippen LogP contribution in [0.3, 0.4) is 0 Å². The lowest BCUT2D eigenvalue weighted by atomic mass is 10.2. The Bertz CT molecular complexity index is 646. The Morgan fingerprint density at radius 3 is 1.76 bits per heavy atom. The highest BCUT2D eigenvalue weighted by Gasteiger charge is 2.10. The molecule has 0 saturated heterocycles. The van der Waals surface area contributed by atoms with Crippen molar-refractivity contribution >= 4 is 5.91 Å². The van der Waals surface area contributed by atoms with E-state index in [0.717, 1.165) is 17.7 Å². The molecule has 0 bridgehead atoms. The Morgan fingerprint density at radius 2 is 1.38 bits per heavy atom. The minimum atomic E-state index is -0.791. The van der Waals surface area contributed by atoms with Crippen molar-refractivity contribution in [1.29, 1.82) is 0 Å². The van der Waals surface area contributed by atoms with Crippen molar-refractivity contribution in [3.63, 3.8) is 0 Å². The van der Waals surface area contributed by atoms with Crippen LogP contribution >= 0.6 is 0 Å². The molecule has 1 amide bonds. The molecule has 7 heteroatoms. The summed E-state index contributed by atoms with van der Waals surface area (Å²) >= 11 is 0. The van der Waals surface area contributed by atoms with Crippen molar-refractivity contribution in [2.24, 2.45) is 5.73 Å². The molecule has 2 aromatic carbocycles. The van der Waals surface area contributed by atoms with Crippen LogP contribution in [0, 0.1) is 6.92 Å². The van der Waals surface area contributed by atoms with Crippen LogP contribution in [0.1, 0.15) is 15.9 Å². The number of hydrogen-bond donors (Lipinski definition) is 6. The van der Waals surface area contributed by atoms with Crippen LogP contribution in [0.5, 0.6) is 28.7 Å². The maximum absolute atomic E-state index is 10.5. The largest absolute Gasteiger partial charge is 0.504 e. The number of carbonyl (C=O) groups excluding carboxylic acids is 1. The first-order chi connectivity index (χ1) is 9.72. The van der Waals surface area contributed by atoms with Gasteiger partial charge in [0, 0.05) is 5.56 Å². The second-order valence-electron chi connectivity index (χ2n) is 4.22. The average molecular weight is 293 g/mol. The summed E-state index contributed by atoms with van der Waals surface area (Å²) < 4.78 is 0. The number of carbonyl (C=O) groups is 1. The second-order valence-corrected chi connectivity index (χ2v) is 4.22. The van der Waals surface area contributed by atoms with E-state index in [4.69, 9.17) is 31.3 Å². The molecule has 2 rings (SSSR count). The summed E-state index contributed by atoms with van der Waals surface area (Å²) in [6.45, 7) is 1.85. The number of phenolic OH excluding ortho intramolecular Hbond substituents is 5. The van der Waals surface area contributed by atoms with Gasteiger partial charge in [-0.25, -0.2) is 0 Å². The molecular formula is C14H15NO6. The van der Waals surface area contributed by atoms with Gasteiger partial charge in [0.1, 0.15) is 0 Å². The Balaban J connectivity index is 0.000000219. The molecule has 0 aliphatic carbocycles. The zero-order chi connectivity index (χ0) is 16.2. The molecule has 0 heterocycles. The quantitative estimate of drug-likeness (QED) is 0.437. The Hall–Kier alpha value is -3.09. The van der Waals surface area contributed by atoms with E-state index in [-0.39, 0.29) is 17.1 Å². The molecule has 7 N–H and O–H groups in total. The third-order valence-electron chi connectivity index (χ3n) is 2.49. The van der Waals surface area contributed by atoms with Crippen molar-refractivity contribution in [3.8, 4) is 28.7 Å². The molecule has 0 aliphatic rings. The summed E-state index contributed by atoms with van der Waals surface area (Å²) in [5, 5.41) is 44.3. The smallest absolute Gasteiger partial charge is 0.248 e. The van der Waals surface area contributed by atoms with Crippen LogP contribution in [0.25, 0.3) is 0 Å². The van der Waals surface area contributed by atoms with Gasteiger partial charge in [0.25, 0.3) is 0 Å². The van der Waals surface area contributed by atoms with Crippen molar-refractivity contribution in [1.82, 2.24) is 0 Å². The molecule has 0 radical (unpaired) electrons. The van der Waals surface area contributed by atoms with E-state index in [2.05, 4.69) is 0 Å². The minimum absolute atomic E-state index is 0.0602. The van der Waals surface area contributed by atoms with E-state index in [1.807, 2.05) is 6.92 Å². The molecule has 0 saturated carbocycles. The fourth-order valence-electron chi connectivity index (χ4n) is 1.38. The van der Waals surface area contributed by atoms with Gasteiger partial charge in [-0.1, -0.05) is 6.07 Å². The van der Waals surface area contributed by atoms with Crippen LogP contribution in [0.15, 0.2) is 30.3 Å². The molecule has 2 aromatic rings. The third kappa shape index (κ3) is 4.20. The Kier molecular flexibility index (Phi) is 4.85. The van der Waals surface area contributed by atoms with Crippen molar-refractivity contribution in [2.45, 2.75) is 6.92 Å². The highest BCUT2D eigenvalue weighted by atomic mass is 16.3. The second kappa shape index (κ2) is 6.38. The van der Waals surface area contributed by atoms with E-state index in [1.54, 1.807) is 6.07 Å². The lowest BCUT2D eigenvalue weighted by Crippen LogP contribution is -2.10. The van der Waals surface area contributed by atoms with Crippen LogP contribution in [0.4, 0.5) is 0 Å². The molecule has 21 heavy (non-hydrogen) atoms. The van der Waals surface area contributed by atoms with Gasteiger partial charge in [0.05, 0.1) is 0 Å². The number of phenols is 5. The maximum atomic E-state index is 10.5. The number of benzene rings is 2. The molecule has 0 fully saturated rings. The SMILES string of the molecule is Cc1ccc(O)c(O)c1.NC(=O)c1cc(O)c(O)c(O)c1. The van der Waals surface area contributed by atoms with Crippen molar-refractivity contribution in [3.05, 3.63) is 41.5 Å². The molecule has 0 aromatic heterocycles. The molecule has 0 atom stereocenters. The highest BCUT2D eigenvalue weighted by molar-refractivity contribution is 5.94. The average Bonchev–Trinajstić information content (AvgIpc) is 2.40. The molecular weight excluding hydrogens is 278 g/mol. The summed E-state index contributed by atoms with van der Waals surface area (Å²) in [5.74, 6) is -2.75. The monoisotopic (exact) mass is 293 g/mol. The number of hydrogen-bond acceptors (Lipinski definition) is 6. The van der Waals surface area contributed by atoms with Crippen LogP contribution in [-0.2, 0) is 0 Å². The first kappa shape index (κ1) is 16.0. The predicted molar refractivity (Wildman–Crippen MR) is 74.5 cm³/mol. The van der Waals surface area contributed by atoms with Crippen LogP contribution in [0.2, 0.25) is 0 Å². The first-order valence-corrected chi connectivity index (χ1v) is 5.75. The van der Waals surface area contributed by atoms with Gasteiger partial charge in [0.2, 0.25) is 5.91 Å². The number of aryl methyl sites for hydroxylation is 1. The van der Waals surface area contributed by atoms with Gasteiger partial charge in [-0.3, -0.25) is 4.79 Å². The zero-order valence-corrected chi connectivity index (χ0v) is 11.1. The normalized spacial score (nSPS) is 9.57. The van der Waals surface area contributed by atoms with Crippen LogP contribution in [-0.4, -0.2) is 31.4 Å². The minimum Gasteiger partial charge on any atom is -0.504 e. The van der Waals surface area contributed by atoms with E-state index < -0.39 is 23.2 Å². The summed E-state index contributed by atoms with van der Waals surface area (Å²) in [7, 11) is 0. The molecule has 0 spiro atoms. The van der Waals surface area contributed by atoms with E-state index in [0.29, 0.717) is 0 Å². The molecule has 7 nitrogen and oxygen atoms in total. The van der Waals surface area contributed by atoms with E-state index in [9.17, 15) is 4.79 Å². The Labute approximate surface area is 120 Å². The molecule has 0 unspecified atom stereocenters. The summed E-state index contributed by atoms with van der Waals surface area (Å²) in [6, 6.07) is 6.64. The lowest BCUT2D eigenvalue weighted by molar-refractivity contribution is 0.0999. The fourth-order valence-corrected chi connectivity index (χ4v) is 1.38. The van der Waals surface area contributed by atoms with Gasteiger partial charge in [-0.2, -0.15) is 0 Å². The van der Waals surface area contributed by atoms with Gasteiger partial charge >= 0.3 is 0 Å². The maximum Gasteiger partial charge on any atom is 0.248 e. The van der Waals surface area contributed by atoms with Gasteiger partial charge in [-0.15, -0.1) is 0 Å².